The maximum atomic E-state index is 12.0. The number of hydrogen-bond acceptors (Lipinski definition) is 2. The van der Waals surface area contributed by atoms with E-state index in [1.807, 2.05) is 12.1 Å². The predicted molar refractivity (Wildman–Crippen MR) is 57.8 cm³/mol. The Morgan fingerprint density at radius 1 is 1.07 bits per heavy atom. The molecule has 1 N–H and O–H groups in total. The highest BCUT2D eigenvalue weighted by atomic mass is 16.3. The van der Waals surface area contributed by atoms with Crippen LogP contribution in [0.5, 0.6) is 5.75 Å². The normalized spacial score (nSPS) is 19.1. The van der Waals surface area contributed by atoms with E-state index in [-0.39, 0.29) is 11.5 Å². The fourth-order valence-corrected chi connectivity index (χ4v) is 2.63. The van der Waals surface area contributed by atoms with Gasteiger partial charge in [-0.3, -0.25) is 4.79 Å². The fourth-order valence-electron chi connectivity index (χ4n) is 2.63. The van der Waals surface area contributed by atoms with E-state index in [2.05, 4.69) is 0 Å². The summed E-state index contributed by atoms with van der Waals surface area (Å²) in [6, 6.07) is 5.35. The molecule has 0 unspecified atom stereocenters. The highest BCUT2D eigenvalue weighted by molar-refractivity contribution is 6.22. The van der Waals surface area contributed by atoms with Crippen LogP contribution in [0.4, 0.5) is 0 Å². The van der Waals surface area contributed by atoms with Crippen molar-refractivity contribution in [1.82, 2.24) is 0 Å². The quantitative estimate of drug-likeness (QED) is 0.699. The molecule has 0 saturated heterocycles. The molecule has 0 heterocycles. The van der Waals surface area contributed by atoms with E-state index in [0.717, 1.165) is 36.8 Å². The zero-order valence-corrected chi connectivity index (χ0v) is 8.42. The van der Waals surface area contributed by atoms with Crippen LogP contribution in [0.2, 0.25) is 0 Å². The molecule has 3 rings (SSSR count). The smallest absolute Gasteiger partial charge is 0.193 e. The number of carbonyl (C=O) groups is 1. The maximum absolute atomic E-state index is 12.0. The number of phenolic OH excluding ortho intramolecular Hbond substituents is 1. The summed E-state index contributed by atoms with van der Waals surface area (Å²) in [5.74, 6) is 0.185. The van der Waals surface area contributed by atoms with Crippen molar-refractivity contribution in [3.8, 4) is 5.75 Å². The number of Topliss-reactive ketones (excluding diaryl/α,β-unsaturated/α-hetero) is 1. The van der Waals surface area contributed by atoms with E-state index < -0.39 is 0 Å². The Balaban J connectivity index is 2.25. The van der Waals surface area contributed by atoms with Crippen LogP contribution in [0.15, 0.2) is 23.8 Å². The molecule has 2 heteroatoms. The van der Waals surface area contributed by atoms with Gasteiger partial charge in [0.1, 0.15) is 5.75 Å². The van der Waals surface area contributed by atoms with Gasteiger partial charge in [-0.05, 0) is 42.9 Å². The van der Waals surface area contributed by atoms with Gasteiger partial charge in [-0.1, -0.05) is 12.1 Å². The number of phenols is 1. The molecule has 0 fully saturated rings. The van der Waals surface area contributed by atoms with E-state index >= 15 is 0 Å². The van der Waals surface area contributed by atoms with Crippen LogP contribution < -0.4 is 0 Å². The summed E-state index contributed by atoms with van der Waals surface area (Å²) < 4.78 is 0. The molecule has 15 heavy (non-hydrogen) atoms. The second kappa shape index (κ2) is 2.96. The van der Waals surface area contributed by atoms with Gasteiger partial charge in [0.2, 0.25) is 0 Å². The summed E-state index contributed by atoms with van der Waals surface area (Å²) in [5, 5.41) is 9.70. The van der Waals surface area contributed by atoms with Crippen molar-refractivity contribution in [2.45, 2.75) is 25.7 Å². The SMILES string of the molecule is O=C1C2=C(CCCC2)c2cccc(O)c21. The number of ketones is 1. The van der Waals surface area contributed by atoms with Gasteiger partial charge in [-0.2, -0.15) is 0 Å². The molecule has 2 aliphatic carbocycles. The zero-order chi connectivity index (χ0) is 10.4. The van der Waals surface area contributed by atoms with Gasteiger partial charge in [0.25, 0.3) is 0 Å². The molecule has 0 amide bonds. The Hall–Kier alpha value is -1.57. The summed E-state index contributed by atoms with van der Waals surface area (Å²) in [6.45, 7) is 0. The largest absolute Gasteiger partial charge is 0.507 e. The molecule has 0 atom stereocenters. The lowest BCUT2D eigenvalue weighted by atomic mass is 9.92. The van der Waals surface area contributed by atoms with Crippen LogP contribution in [-0.2, 0) is 0 Å². The minimum absolute atomic E-state index is 0.0535. The second-order valence-electron chi connectivity index (χ2n) is 4.19. The molecule has 0 spiro atoms. The predicted octanol–water partition coefficient (Wildman–Crippen LogP) is 2.92. The van der Waals surface area contributed by atoms with Crippen molar-refractivity contribution in [1.29, 1.82) is 0 Å². The van der Waals surface area contributed by atoms with Crippen molar-refractivity contribution in [3.05, 3.63) is 34.9 Å². The van der Waals surface area contributed by atoms with Gasteiger partial charge in [0.05, 0.1) is 5.56 Å². The lowest BCUT2D eigenvalue weighted by Crippen LogP contribution is -2.01. The third-order valence-electron chi connectivity index (χ3n) is 3.34. The summed E-state index contributed by atoms with van der Waals surface area (Å²) in [7, 11) is 0. The number of carbonyl (C=O) groups excluding carboxylic acids is 1. The molecule has 1 aromatic carbocycles. The molecule has 0 radical (unpaired) electrons. The minimum Gasteiger partial charge on any atom is -0.507 e. The molecule has 0 aliphatic heterocycles. The van der Waals surface area contributed by atoms with Gasteiger partial charge in [0.15, 0.2) is 5.78 Å². The number of benzene rings is 1. The third kappa shape index (κ3) is 1.08. The topological polar surface area (TPSA) is 37.3 Å². The molecule has 0 saturated carbocycles. The summed E-state index contributed by atoms with van der Waals surface area (Å²) in [5.41, 5.74) is 3.62. The summed E-state index contributed by atoms with van der Waals surface area (Å²) >= 11 is 0. The molecule has 0 bridgehead atoms. The molecule has 0 aromatic heterocycles. The van der Waals surface area contributed by atoms with Crippen LogP contribution in [0, 0.1) is 0 Å². The van der Waals surface area contributed by atoms with Crippen molar-refractivity contribution in [2.75, 3.05) is 0 Å². The molecular formula is C13H12O2. The lowest BCUT2D eigenvalue weighted by molar-refractivity contribution is 0.103. The third-order valence-corrected chi connectivity index (χ3v) is 3.34. The van der Waals surface area contributed by atoms with Crippen molar-refractivity contribution in [2.24, 2.45) is 0 Å². The number of fused-ring (bicyclic) bond motifs is 2. The van der Waals surface area contributed by atoms with Gasteiger partial charge in [-0.15, -0.1) is 0 Å². The number of hydrogen-bond donors (Lipinski definition) is 1. The average molecular weight is 200 g/mol. The van der Waals surface area contributed by atoms with Gasteiger partial charge >= 0.3 is 0 Å². The van der Waals surface area contributed by atoms with E-state index in [0.29, 0.717) is 5.56 Å². The second-order valence-corrected chi connectivity index (χ2v) is 4.19. The first kappa shape index (κ1) is 8.72. The van der Waals surface area contributed by atoms with Crippen LogP contribution in [0.1, 0.15) is 41.6 Å². The Morgan fingerprint density at radius 3 is 2.60 bits per heavy atom. The zero-order valence-electron chi connectivity index (χ0n) is 8.42. The van der Waals surface area contributed by atoms with E-state index in [1.54, 1.807) is 6.07 Å². The van der Waals surface area contributed by atoms with Crippen LogP contribution in [0.25, 0.3) is 5.57 Å². The average Bonchev–Trinajstić information content (AvgIpc) is 2.55. The van der Waals surface area contributed by atoms with Crippen LogP contribution in [-0.4, -0.2) is 10.9 Å². The fraction of sp³-hybridized carbons (Fsp3) is 0.308. The first-order valence-electron chi connectivity index (χ1n) is 5.38. The van der Waals surface area contributed by atoms with E-state index in [1.165, 1.54) is 5.57 Å². The standard InChI is InChI=1S/C13H12O2/c14-11-7-3-6-9-8-4-1-2-5-10(8)13(15)12(9)11/h3,6-7,14H,1-2,4-5H2. The van der Waals surface area contributed by atoms with Crippen molar-refractivity contribution >= 4 is 11.4 Å². The first-order chi connectivity index (χ1) is 7.29. The van der Waals surface area contributed by atoms with Crippen LogP contribution in [0.3, 0.4) is 0 Å². The summed E-state index contributed by atoms with van der Waals surface area (Å²) in [4.78, 5) is 12.0. The van der Waals surface area contributed by atoms with Gasteiger partial charge in [0, 0.05) is 5.57 Å². The molecule has 76 valence electrons. The molecular weight excluding hydrogens is 188 g/mol. The number of aromatic hydroxyl groups is 1. The van der Waals surface area contributed by atoms with E-state index in [9.17, 15) is 9.90 Å². The maximum Gasteiger partial charge on any atom is 0.193 e. The Bertz CT molecular complexity index is 483. The first-order valence-corrected chi connectivity index (χ1v) is 5.38. The molecule has 1 aromatic rings. The highest BCUT2D eigenvalue weighted by Gasteiger charge is 2.32. The van der Waals surface area contributed by atoms with E-state index in [4.69, 9.17) is 0 Å². The Labute approximate surface area is 88.2 Å². The Kier molecular flexibility index (Phi) is 1.72. The molecule has 2 aliphatic rings. The van der Waals surface area contributed by atoms with Crippen molar-refractivity contribution < 1.29 is 9.90 Å². The van der Waals surface area contributed by atoms with Crippen molar-refractivity contribution in [3.63, 3.8) is 0 Å². The Morgan fingerprint density at radius 2 is 1.80 bits per heavy atom. The van der Waals surface area contributed by atoms with Gasteiger partial charge in [-0.25, -0.2) is 0 Å². The van der Waals surface area contributed by atoms with Crippen LogP contribution >= 0.6 is 0 Å². The molecule has 2 nitrogen and oxygen atoms in total. The lowest BCUT2D eigenvalue weighted by Gasteiger charge is -2.12. The van der Waals surface area contributed by atoms with Gasteiger partial charge < -0.3 is 5.11 Å². The summed E-state index contributed by atoms with van der Waals surface area (Å²) in [6.07, 6.45) is 4.11. The highest BCUT2D eigenvalue weighted by Crippen LogP contribution is 2.43. The number of rotatable bonds is 0. The number of allylic oxidation sites excluding steroid dienone is 2. The minimum atomic E-state index is 0.0535. The monoisotopic (exact) mass is 200 g/mol.